The number of para-hydroxylation sites is 2. The second-order valence-corrected chi connectivity index (χ2v) is 4.27. The van der Waals surface area contributed by atoms with E-state index in [1.165, 1.54) is 0 Å². The number of nitrogens with two attached hydrogens (primary N) is 2. The van der Waals surface area contributed by atoms with Crippen LogP contribution < -0.4 is 21.5 Å². The van der Waals surface area contributed by atoms with E-state index in [0.717, 1.165) is 0 Å². The first-order valence-corrected chi connectivity index (χ1v) is 6.29. The van der Waals surface area contributed by atoms with E-state index in [1.54, 1.807) is 30.3 Å². The summed E-state index contributed by atoms with van der Waals surface area (Å²) < 4.78 is 5.46. The van der Waals surface area contributed by atoms with Gasteiger partial charge >= 0.3 is 0 Å². The number of rotatable bonds is 4. The number of hydrogen-bond donors (Lipinski definition) is 3. The van der Waals surface area contributed by atoms with E-state index in [9.17, 15) is 4.79 Å². The van der Waals surface area contributed by atoms with E-state index in [1.807, 2.05) is 19.1 Å². The lowest BCUT2D eigenvalue weighted by molar-refractivity contribution is 0.102. The predicted molar refractivity (Wildman–Crippen MR) is 80.8 cm³/mol. The first kappa shape index (κ1) is 13.7. The average molecular weight is 271 g/mol. The maximum absolute atomic E-state index is 12.2. The fraction of sp³-hybridized carbons (Fsp3) is 0.133. The van der Waals surface area contributed by atoms with Crippen LogP contribution >= 0.6 is 0 Å². The standard InChI is InChI=1S/C15H17N3O2/c1-2-20-14-6-4-3-5-13(14)18-15(19)10-7-11(16)9-12(17)8-10/h3-9H,2,16-17H2,1H3,(H,18,19). The number of ether oxygens (including phenoxy) is 1. The summed E-state index contributed by atoms with van der Waals surface area (Å²) in [4.78, 5) is 12.2. The fourth-order valence-corrected chi connectivity index (χ4v) is 1.85. The Kier molecular flexibility index (Phi) is 4.10. The molecular formula is C15H17N3O2. The Labute approximate surface area is 117 Å². The van der Waals surface area contributed by atoms with Gasteiger partial charge in [0.2, 0.25) is 0 Å². The highest BCUT2D eigenvalue weighted by atomic mass is 16.5. The molecule has 0 aliphatic carbocycles. The van der Waals surface area contributed by atoms with E-state index in [2.05, 4.69) is 5.32 Å². The largest absolute Gasteiger partial charge is 0.492 e. The van der Waals surface area contributed by atoms with E-state index in [0.29, 0.717) is 35.0 Å². The lowest BCUT2D eigenvalue weighted by atomic mass is 10.1. The molecular weight excluding hydrogens is 254 g/mol. The van der Waals surface area contributed by atoms with Crippen LogP contribution in [0.25, 0.3) is 0 Å². The highest BCUT2D eigenvalue weighted by molar-refractivity contribution is 6.06. The van der Waals surface area contributed by atoms with Crippen LogP contribution in [0.2, 0.25) is 0 Å². The van der Waals surface area contributed by atoms with Crippen LogP contribution in [0, 0.1) is 0 Å². The number of carbonyl (C=O) groups is 1. The summed E-state index contributed by atoms with van der Waals surface area (Å²) in [5.41, 5.74) is 13.3. The van der Waals surface area contributed by atoms with Gasteiger partial charge < -0.3 is 21.5 Å². The Bertz CT molecular complexity index is 606. The predicted octanol–water partition coefficient (Wildman–Crippen LogP) is 2.50. The summed E-state index contributed by atoms with van der Waals surface area (Å²) in [7, 11) is 0. The Morgan fingerprint density at radius 2 is 1.80 bits per heavy atom. The summed E-state index contributed by atoms with van der Waals surface area (Å²) in [6.45, 7) is 2.41. The van der Waals surface area contributed by atoms with Gasteiger partial charge in [0.1, 0.15) is 5.75 Å². The van der Waals surface area contributed by atoms with Crippen LogP contribution in [0.15, 0.2) is 42.5 Å². The molecule has 0 fully saturated rings. The van der Waals surface area contributed by atoms with Gasteiger partial charge in [-0.05, 0) is 37.3 Å². The second-order valence-electron chi connectivity index (χ2n) is 4.27. The van der Waals surface area contributed by atoms with Crippen molar-refractivity contribution in [2.45, 2.75) is 6.92 Å². The Morgan fingerprint density at radius 1 is 1.15 bits per heavy atom. The van der Waals surface area contributed by atoms with E-state index in [4.69, 9.17) is 16.2 Å². The van der Waals surface area contributed by atoms with Gasteiger partial charge in [-0.15, -0.1) is 0 Å². The zero-order chi connectivity index (χ0) is 14.5. The van der Waals surface area contributed by atoms with Gasteiger partial charge in [0.15, 0.2) is 0 Å². The summed E-state index contributed by atoms with van der Waals surface area (Å²) in [6, 6.07) is 12.0. The van der Waals surface area contributed by atoms with Crippen LogP contribution in [0.3, 0.4) is 0 Å². The third-order valence-electron chi connectivity index (χ3n) is 2.67. The number of benzene rings is 2. The van der Waals surface area contributed by atoms with Gasteiger partial charge in [-0.1, -0.05) is 12.1 Å². The molecule has 1 amide bonds. The normalized spacial score (nSPS) is 10.1. The first-order valence-electron chi connectivity index (χ1n) is 6.29. The molecule has 2 aromatic rings. The number of amides is 1. The summed E-state index contributed by atoms with van der Waals surface area (Å²) >= 11 is 0. The van der Waals surface area contributed by atoms with Crippen LogP contribution in [0.1, 0.15) is 17.3 Å². The molecule has 0 aromatic heterocycles. The first-order chi connectivity index (χ1) is 9.60. The van der Waals surface area contributed by atoms with Crippen molar-refractivity contribution in [1.82, 2.24) is 0 Å². The van der Waals surface area contributed by atoms with Gasteiger partial charge in [0.25, 0.3) is 5.91 Å². The minimum Gasteiger partial charge on any atom is -0.492 e. The lowest BCUT2D eigenvalue weighted by Gasteiger charge is -2.11. The Morgan fingerprint density at radius 3 is 2.45 bits per heavy atom. The van der Waals surface area contributed by atoms with Crippen molar-refractivity contribution in [3.63, 3.8) is 0 Å². The zero-order valence-corrected chi connectivity index (χ0v) is 11.2. The van der Waals surface area contributed by atoms with Crippen molar-refractivity contribution in [2.24, 2.45) is 0 Å². The fourth-order valence-electron chi connectivity index (χ4n) is 1.85. The minimum atomic E-state index is -0.281. The average Bonchev–Trinajstić information content (AvgIpc) is 2.40. The lowest BCUT2D eigenvalue weighted by Crippen LogP contribution is -2.13. The van der Waals surface area contributed by atoms with Gasteiger partial charge in [-0.25, -0.2) is 0 Å². The van der Waals surface area contributed by atoms with Crippen molar-refractivity contribution < 1.29 is 9.53 Å². The maximum Gasteiger partial charge on any atom is 0.255 e. The van der Waals surface area contributed by atoms with Crippen LogP contribution in [0.4, 0.5) is 17.1 Å². The monoisotopic (exact) mass is 271 g/mol. The number of nitrogens with one attached hydrogen (secondary N) is 1. The minimum absolute atomic E-state index is 0.281. The molecule has 0 radical (unpaired) electrons. The van der Waals surface area contributed by atoms with Gasteiger partial charge in [0.05, 0.1) is 12.3 Å². The molecule has 0 aliphatic heterocycles. The molecule has 0 spiro atoms. The maximum atomic E-state index is 12.2. The van der Waals surface area contributed by atoms with Crippen molar-refractivity contribution in [3.05, 3.63) is 48.0 Å². The molecule has 0 unspecified atom stereocenters. The highest BCUT2D eigenvalue weighted by Gasteiger charge is 2.10. The molecule has 0 heterocycles. The van der Waals surface area contributed by atoms with E-state index < -0.39 is 0 Å². The molecule has 5 N–H and O–H groups in total. The zero-order valence-electron chi connectivity index (χ0n) is 11.2. The molecule has 0 atom stereocenters. The molecule has 2 rings (SSSR count). The molecule has 0 aliphatic rings. The number of anilines is 3. The van der Waals surface area contributed by atoms with Crippen molar-refractivity contribution >= 4 is 23.0 Å². The molecule has 0 saturated carbocycles. The molecule has 5 nitrogen and oxygen atoms in total. The van der Waals surface area contributed by atoms with Crippen LogP contribution in [-0.2, 0) is 0 Å². The van der Waals surface area contributed by atoms with E-state index in [-0.39, 0.29) is 5.91 Å². The summed E-state index contributed by atoms with van der Waals surface area (Å²) in [5.74, 6) is 0.344. The number of nitrogen functional groups attached to an aromatic ring is 2. The van der Waals surface area contributed by atoms with Gasteiger partial charge in [-0.3, -0.25) is 4.79 Å². The SMILES string of the molecule is CCOc1ccccc1NC(=O)c1cc(N)cc(N)c1. The quantitative estimate of drug-likeness (QED) is 0.745. The smallest absolute Gasteiger partial charge is 0.255 e. The molecule has 2 aromatic carbocycles. The van der Waals surface area contributed by atoms with Crippen LogP contribution in [-0.4, -0.2) is 12.5 Å². The Balaban J connectivity index is 2.23. The van der Waals surface area contributed by atoms with Crippen molar-refractivity contribution in [2.75, 3.05) is 23.4 Å². The third kappa shape index (κ3) is 3.20. The number of carbonyl (C=O) groups excluding carboxylic acids is 1. The third-order valence-corrected chi connectivity index (χ3v) is 2.67. The van der Waals surface area contributed by atoms with E-state index >= 15 is 0 Å². The van der Waals surface area contributed by atoms with Gasteiger partial charge in [0, 0.05) is 16.9 Å². The van der Waals surface area contributed by atoms with Crippen molar-refractivity contribution in [3.8, 4) is 5.75 Å². The molecule has 0 saturated heterocycles. The molecule has 20 heavy (non-hydrogen) atoms. The second kappa shape index (κ2) is 5.97. The summed E-state index contributed by atoms with van der Waals surface area (Å²) in [6.07, 6.45) is 0. The van der Waals surface area contributed by atoms with Gasteiger partial charge in [-0.2, -0.15) is 0 Å². The molecule has 5 heteroatoms. The topological polar surface area (TPSA) is 90.4 Å². The number of hydrogen-bond acceptors (Lipinski definition) is 4. The Hall–Kier alpha value is -2.69. The summed E-state index contributed by atoms with van der Waals surface area (Å²) in [5, 5.41) is 2.79. The molecule has 0 bridgehead atoms. The van der Waals surface area contributed by atoms with Crippen LogP contribution in [0.5, 0.6) is 5.75 Å². The highest BCUT2D eigenvalue weighted by Crippen LogP contribution is 2.24. The molecule has 104 valence electrons. The van der Waals surface area contributed by atoms with Crippen molar-refractivity contribution in [1.29, 1.82) is 0 Å².